The van der Waals surface area contributed by atoms with Gasteiger partial charge in [-0.3, -0.25) is 0 Å². The summed E-state index contributed by atoms with van der Waals surface area (Å²) >= 11 is 0. The van der Waals surface area contributed by atoms with Gasteiger partial charge in [0.2, 0.25) is 0 Å². The number of hydrogen-bond donors (Lipinski definition) is 1. The molecule has 2 bridgehead atoms. The predicted molar refractivity (Wildman–Crippen MR) is 81.3 cm³/mol. The third-order valence-corrected chi connectivity index (χ3v) is 6.99. The summed E-state index contributed by atoms with van der Waals surface area (Å²) in [4.78, 5) is 2.75. The van der Waals surface area contributed by atoms with Crippen LogP contribution in [0.5, 0.6) is 0 Å². The van der Waals surface area contributed by atoms with Gasteiger partial charge >= 0.3 is 0 Å². The molecule has 21 heavy (non-hydrogen) atoms. The van der Waals surface area contributed by atoms with Crippen LogP contribution in [0.2, 0.25) is 0 Å². The Bertz CT molecular complexity index is 679. The van der Waals surface area contributed by atoms with Crippen LogP contribution in [-0.4, -0.2) is 14.1 Å². The van der Waals surface area contributed by atoms with Crippen LogP contribution in [-0.2, 0) is 10.0 Å². The van der Waals surface area contributed by atoms with Crippen molar-refractivity contribution < 1.29 is 8.42 Å². The average Bonchev–Trinajstić information content (AvgIpc) is 3.12. The first-order valence-electron chi connectivity index (χ1n) is 7.76. The molecule has 0 aromatic heterocycles. The van der Waals surface area contributed by atoms with E-state index in [9.17, 15) is 8.42 Å². The molecule has 3 aliphatic carbocycles. The SMILES string of the molecule is O=S(=O)(N/N=C1\CC2CCC13CCCC23)c1ccccc1. The Morgan fingerprint density at radius 2 is 1.95 bits per heavy atom. The molecule has 0 radical (unpaired) electrons. The minimum absolute atomic E-state index is 0.226. The van der Waals surface area contributed by atoms with Gasteiger partial charge in [0.15, 0.2) is 0 Å². The first kappa shape index (κ1) is 13.3. The summed E-state index contributed by atoms with van der Waals surface area (Å²) in [5.41, 5.74) is 1.34. The highest BCUT2D eigenvalue weighted by Crippen LogP contribution is 2.64. The molecule has 3 atom stereocenters. The number of rotatable bonds is 3. The molecule has 4 rings (SSSR count). The van der Waals surface area contributed by atoms with E-state index >= 15 is 0 Å². The largest absolute Gasteiger partial charge is 0.276 e. The maximum atomic E-state index is 12.3. The summed E-state index contributed by atoms with van der Waals surface area (Å²) in [5, 5.41) is 4.37. The normalized spacial score (nSPS) is 36.1. The van der Waals surface area contributed by atoms with Gasteiger partial charge in [-0.15, -0.1) is 0 Å². The minimum atomic E-state index is -3.53. The zero-order valence-corrected chi connectivity index (χ0v) is 12.8. The van der Waals surface area contributed by atoms with Crippen LogP contribution in [0.1, 0.15) is 38.5 Å². The third kappa shape index (κ3) is 1.94. The van der Waals surface area contributed by atoms with Crippen molar-refractivity contribution in [2.45, 2.75) is 43.4 Å². The van der Waals surface area contributed by atoms with Crippen molar-refractivity contribution in [2.24, 2.45) is 22.4 Å². The molecular formula is C16H20N2O2S. The van der Waals surface area contributed by atoms with Crippen LogP contribution in [0.4, 0.5) is 0 Å². The molecule has 4 nitrogen and oxygen atoms in total. The highest BCUT2D eigenvalue weighted by molar-refractivity contribution is 7.89. The van der Waals surface area contributed by atoms with Crippen molar-refractivity contribution in [2.75, 3.05) is 0 Å². The van der Waals surface area contributed by atoms with E-state index in [-0.39, 0.29) is 10.3 Å². The van der Waals surface area contributed by atoms with E-state index in [4.69, 9.17) is 0 Å². The topological polar surface area (TPSA) is 58.5 Å². The number of sulfonamides is 1. The Labute approximate surface area is 125 Å². The summed E-state index contributed by atoms with van der Waals surface area (Å²) in [6.07, 6.45) is 7.26. The van der Waals surface area contributed by atoms with Crippen LogP contribution in [0.15, 0.2) is 40.3 Å². The van der Waals surface area contributed by atoms with E-state index in [1.165, 1.54) is 32.1 Å². The molecule has 112 valence electrons. The molecular weight excluding hydrogens is 284 g/mol. The van der Waals surface area contributed by atoms with E-state index < -0.39 is 10.0 Å². The Hall–Kier alpha value is -1.36. The number of hydrogen-bond acceptors (Lipinski definition) is 3. The Balaban J connectivity index is 1.60. The van der Waals surface area contributed by atoms with Crippen LogP contribution in [0.3, 0.4) is 0 Å². The van der Waals surface area contributed by atoms with Gasteiger partial charge in [-0.25, -0.2) is 4.83 Å². The van der Waals surface area contributed by atoms with Gasteiger partial charge in [-0.2, -0.15) is 13.5 Å². The van der Waals surface area contributed by atoms with Crippen molar-refractivity contribution in [1.82, 2.24) is 4.83 Å². The monoisotopic (exact) mass is 304 g/mol. The van der Waals surface area contributed by atoms with Crippen LogP contribution >= 0.6 is 0 Å². The quantitative estimate of drug-likeness (QED) is 0.873. The zero-order chi connectivity index (χ0) is 14.5. The Morgan fingerprint density at radius 3 is 2.76 bits per heavy atom. The minimum Gasteiger partial charge on any atom is -0.200 e. The van der Waals surface area contributed by atoms with Gasteiger partial charge in [0, 0.05) is 11.1 Å². The lowest BCUT2D eigenvalue weighted by atomic mass is 9.79. The second kappa shape index (κ2) is 4.57. The fourth-order valence-electron chi connectivity index (χ4n) is 4.86. The van der Waals surface area contributed by atoms with E-state index in [0.717, 1.165) is 24.0 Å². The molecule has 0 spiro atoms. The highest BCUT2D eigenvalue weighted by Gasteiger charge is 2.59. The Kier molecular flexibility index (Phi) is 2.89. The smallest absolute Gasteiger partial charge is 0.200 e. The van der Waals surface area contributed by atoms with E-state index in [2.05, 4.69) is 9.93 Å². The highest BCUT2D eigenvalue weighted by atomic mass is 32.2. The van der Waals surface area contributed by atoms with Crippen molar-refractivity contribution in [3.05, 3.63) is 30.3 Å². The van der Waals surface area contributed by atoms with Gasteiger partial charge in [0.25, 0.3) is 10.0 Å². The number of benzene rings is 1. The molecule has 5 heteroatoms. The molecule has 0 saturated heterocycles. The summed E-state index contributed by atoms with van der Waals surface area (Å²) in [6.45, 7) is 0. The second-order valence-corrected chi connectivity index (χ2v) is 8.28. The first-order chi connectivity index (χ1) is 10.1. The second-order valence-electron chi connectivity index (χ2n) is 6.62. The van der Waals surface area contributed by atoms with Gasteiger partial charge in [0.1, 0.15) is 0 Å². The lowest BCUT2D eigenvalue weighted by molar-refractivity contribution is 0.354. The summed E-state index contributed by atoms with van der Waals surface area (Å²) in [6, 6.07) is 8.46. The fourth-order valence-corrected chi connectivity index (χ4v) is 5.71. The molecule has 0 amide bonds. The molecule has 1 aromatic rings. The van der Waals surface area contributed by atoms with E-state index in [0.29, 0.717) is 0 Å². The van der Waals surface area contributed by atoms with Gasteiger partial charge in [-0.1, -0.05) is 24.6 Å². The molecule has 3 unspecified atom stereocenters. The molecule has 3 saturated carbocycles. The van der Waals surface area contributed by atoms with Gasteiger partial charge < -0.3 is 0 Å². The zero-order valence-electron chi connectivity index (χ0n) is 12.0. The van der Waals surface area contributed by atoms with Crippen molar-refractivity contribution in [3.8, 4) is 0 Å². The Morgan fingerprint density at radius 1 is 1.14 bits per heavy atom. The van der Waals surface area contributed by atoms with Crippen LogP contribution in [0, 0.1) is 17.3 Å². The molecule has 1 N–H and O–H groups in total. The molecule has 3 fully saturated rings. The van der Waals surface area contributed by atoms with E-state index in [1.54, 1.807) is 24.3 Å². The molecule has 1 aromatic carbocycles. The average molecular weight is 304 g/mol. The summed E-state index contributed by atoms with van der Waals surface area (Å²) in [7, 11) is -3.53. The maximum Gasteiger partial charge on any atom is 0.276 e. The standard InChI is InChI=1S/C16H20N2O2S/c19-21(20,13-5-2-1-3-6-13)18-17-15-11-12-8-10-16(15)9-4-7-14(12)16/h1-3,5-6,12,14,18H,4,7-11H2/b17-15+. The lowest BCUT2D eigenvalue weighted by Crippen LogP contribution is -2.30. The predicted octanol–water partition coefficient (Wildman–Crippen LogP) is 2.92. The summed E-state index contributed by atoms with van der Waals surface area (Å²) < 4.78 is 24.5. The molecule has 3 aliphatic rings. The van der Waals surface area contributed by atoms with Crippen molar-refractivity contribution >= 4 is 15.7 Å². The maximum absolute atomic E-state index is 12.3. The van der Waals surface area contributed by atoms with Gasteiger partial charge in [0.05, 0.1) is 4.90 Å². The fraction of sp³-hybridized carbons (Fsp3) is 0.562. The van der Waals surface area contributed by atoms with E-state index in [1.807, 2.05) is 6.07 Å². The number of hydrazone groups is 1. The first-order valence-corrected chi connectivity index (χ1v) is 9.24. The summed E-state index contributed by atoms with van der Waals surface area (Å²) in [5.74, 6) is 1.50. The third-order valence-electron chi connectivity index (χ3n) is 5.76. The molecule has 0 heterocycles. The van der Waals surface area contributed by atoms with Crippen molar-refractivity contribution in [3.63, 3.8) is 0 Å². The van der Waals surface area contributed by atoms with Crippen LogP contribution in [0.25, 0.3) is 0 Å². The number of nitrogens with zero attached hydrogens (tertiary/aromatic N) is 1. The number of nitrogens with one attached hydrogen (secondary N) is 1. The van der Waals surface area contributed by atoms with Gasteiger partial charge in [-0.05, 0) is 56.1 Å². The van der Waals surface area contributed by atoms with Crippen molar-refractivity contribution in [1.29, 1.82) is 0 Å². The molecule has 0 aliphatic heterocycles. The van der Waals surface area contributed by atoms with Crippen LogP contribution < -0.4 is 4.83 Å². The lowest BCUT2D eigenvalue weighted by Gasteiger charge is -2.26.